The normalized spacial score (nSPS) is 25.2. The molecule has 2 unspecified atom stereocenters. The third-order valence-electron chi connectivity index (χ3n) is 2.37. The van der Waals surface area contributed by atoms with E-state index in [-0.39, 0.29) is 16.8 Å². The Balaban J connectivity index is 2.51. The lowest BCUT2D eigenvalue weighted by atomic mass is 10.1. The smallest absolute Gasteiger partial charge is 0.236 e. The second kappa shape index (κ2) is 5.12. The van der Waals surface area contributed by atoms with Gasteiger partial charge in [-0.15, -0.1) is 0 Å². The van der Waals surface area contributed by atoms with Crippen molar-refractivity contribution in [2.24, 2.45) is 5.92 Å². The highest BCUT2D eigenvalue weighted by atomic mass is 79.9. The first-order valence-electron chi connectivity index (χ1n) is 5.07. The summed E-state index contributed by atoms with van der Waals surface area (Å²) in [5, 5.41) is 0. The van der Waals surface area contributed by atoms with Crippen LogP contribution in [0.3, 0.4) is 0 Å². The number of rotatable bonds is 2. The van der Waals surface area contributed by atoms with E-state index in [4.69, 9.17) is 4.74 Å². The molecule has 3 nitrogen and oxygen atoms in total. The summed E-state index contributed by atoms with van der Waals surface area (Å²) in [4.78, 5) is 13.7. The Labute approximate surface area is 93.9 Å². The number of morpholine rings is 1. The molecular formula is C10H18BrNO2. The van der Waals surface area contributed by atoms with Crippen molar-refractivity contribution in [1.29, 1.82) is 0 Å². The van der Waals surface area contributed by atoms with Gasteiger partial charge < -0.3 is 9.64 Å². The van der Waals surface area contributed by atoms with Crippen LogP contribution in [0.2, 0.25) is 0 Å². The van der Waals surface area contributed by atoms with Crippen LogP contribution < -0.4 is 0 Å². The fraction of sp³-hybridized carbons (Fsp3) is 0.900. The Morgan fingerprint density at radius 2 is 2.21 bits per heavy atom. The first-order valence-corrected chi connectivity index (χ1v) is 5.98. The molecule has 0 saturated carbocycles. The third-order valence-corrected chi connectivity index (χ3v) is 3.82. The van der Waals surface area contributed by atoms with Gasteiger partial charge in [0.25, 0.3) is 0 Å². The van der Waals surface area contributed by atoms with E-state index in [2.05, 4.69) is 15.9 Å². The molecule has 0 aromatic heterocycles. The molecule has 0 N–H and O–H groups in total. The summed E-state index contributed by atoms with van der Waals surface area (Å²) in [6, 6.07) is 0. The molecule has 1 saturated heterocycles. The first kappa shape index (κ1) is 12.0. The highest BCUT2D eigenvalue weighted by molar-refractivity contribution is 9.10. The number of carbonyl (C=O) groups is 1. The number of hydrogen-bond acceptors (Lipinski definition) is 2. The minimum Gasteiger partial charge on any atom is -0.375 e. The number of alkyl halides is 1. The van der Waals surface area contributed by atoms with Gasteiger partial charge in [0.15, 0.2) is 0 Å². The Kier molecular flexibility index (Phi) is 4.38. The van der Waals surface area contributed by atoms with Gasteiger partial charge >= 0.3 is 0 Å². The van der Waals surface area contributed by atoms with Gasteiger partial charge in [0.05, 0.1) is 17.5 Å². The minimum absolute atomic E-state index is 0.0622. The molecule has 82 valence electrons. The van der Waals surface area contributed by atoms with Crippen LogP contribution in [-0.2, 0) is 9.53 Å². The highest BCUT2D eigenvalue weighted by Gasteiger charge is 2.27. The van der Waals surface area contributed by atoms with Gasteiger partial charge in [-0.05, 0) is 12.8 Å². The Hall–Kier alpha value is -0.0900. The largest absolute Gasteiger partial charge is 0.375 e. The molecule has 4 heteroatoms. The second-order valence-corrected chi connectivity index (χ2v) is 5.10. The van der Waals surface area contributed by atoms with Gasteiger partial charge in [0.2, 0.25) is 5.91 Å². The van der Waals surface area contributed by atoms with Gasteiger partial charge in [0.1, 0.15) is 0 Å². The van der Waals surface area contributed by atoms with Crippen molar-refractivity contribution >= 4 is 21.8 Å². The van der Waals surface area contributed by atoms with Crippen LogP contribution in [0.5, 0.6) is 0 Å². The van der Waals surface area contributed by atoms with Gasteiger partial charge in [-0.1, -0.05) is 29.8 Å². The van der Waals surface area contributed by atoms with E-state index in [1.54, 1.807) is 0 Å². The standard InChI is InChI=1S/C10H18BrNO2/c1-7(2)9(11)10(13)12-4-5-14-8(3)6-12/h7-9H,4-6H2,1-3H3. The van der Waals surface area contributed by atoms with E-state index >= 15 is 0 Å². The van der Waals surface area contributed by atoms with Crippen molar-refractivity contribution in [3.05, 3.63) is 0 Å². The Morgan fingerprint density at radius 1 is 1.57 bits per heavy atom. The highest BCUT2D eigenvalue weighted by Crippen LogP contribution is 2.17. The fourth-order valence-corrected chi connectivity index (χ4v) is 1.77. The van der Waals surface area contributed by atoms with E-state index in [9.17, 15) is 4.79 Å². The van der Waals surface area contributed by atoms with Crippen molar-refractivity contribution in [3.8, 4) is 0 Å². The summed E-state index contributed by atoms with van der Waals surface area (Å²) < 4.78 is 5.39. The van der Waals surface area contributed by atoms with Crippen LogP contribution in [0.1, 0.15) is 20.8 Å². The number of amides is 1. The molecule has 0 spiro atoms. The van der Waals surface area contributed by atoms with Gasteiger partial charge in [-0.25, -0.2) is 0 Å². The van der Waals surface area contributed by atoms with Crippen molar-refractivity contribution in [2.75, 3.05) is 19.7 Å². The predicted molar refractivity (Wildman–Crippen MR) is 59.5 cm³/mol. The molecule has 2 atom stereocenters. The van der Waals surface area contributed by atoms with Crippen LogP contribution in [0.15, 0.2) is 0 Å². The van der Waals surface area contributed by atoms with Crippen molar-refractivity contribution < 1.29 is 9.53 Å². The first-order chi connectivity index (χ1) is 6.52. The zero-order valence-electron chi connectivity index (χ0n) is 9.00. The predicted octanol–water partition coefficient (Wildman–Crippen LogP) is 1.65. The van der Waals surface area contributed by atoms with E-state index in [1.807, 2.05) is 25.7 Å². The molecule has 0 bridgehead atoms. The molecule has 0 radical (unpaired) electrons. The molecule has 1 heterocycles. The summed E-state index contributed by atoms with van der Waals surface area (Å²) in [5.74, 6) is 0.524. The van der Waals surface area contributed by atoms with Crippen LogP contribution in [0, 0.1) is 5.92 Å². The summed E-state index contributed by atoms with van der Waals surface area (Å²) in [6.45, 7) is 8.18. The molecule has 1 aliphatic rings. The van der Waals surface area contributed by atoms with Crippen LogP contribution in [-0.4, -0.2) is 41.4 Å². The summed E-state index contributed by atoms with van der Waals surface area (Å²) >= 11 is 3.43. The molecule has 1 amide bonds. The maximum Gasteiger partial charge on any atom is 0.236 e. The van der Waals surface area contributed by atoms with Crippen molar-refractivity contribution in [1.82, 2.24) is 4.90 Å². The maximum absolute atomic E-state index is 11.9. The number of ether oxygens (including phenoxy) is 1. The van der Waals surface area contributed by atoms with Gasteiger partial charge in [0, 0.05) is 13.1 Å². The molecule has 0 aliphatic carbocycles. The SMILES string of the molecule is CC1CN(C(=O)C(Br)C(C)C)CCO1. The number of nitrogens with zero attached hydrogens (tertiary/aromatic N) is 1. The van der Waals surface area contributed by atoms with E-state index < -0.39 is 0 Å². The summed E-state index contributed by atoms with van der Waals surface area (Å²) in [6.07, 6.45) is 0.166. The third kappa shape index (κ3) is 2.95. The lowest BCUT2D eigenvalue weighted by Gasteiger charge is -2.33. The van der Waals surface area contributed by atoms with Crippen molar-refractivity contribution in [3.63, 3.8) is 0 Å². The van der Waals surface area contributed by atoms with E-state index in [0.717, 1.165) is 6.54 Å². The molecule has 14 heavy (non-hydrogen) atoms. The molecule has 0 aromatic rings. The maximum atomic E-state index is 11.9. The average Bonchev–Trinajstić information content (AvgIpc) is 2.15. The van der Waals surface area contributed by atoms with E-state index in [1.165, 1.54) is 0 Å². The molecule has 1 fully saturated rings. The number of hydrogen-bond donors (Lipinski definition) is 0. The molecule has 1 aliphatic heterocycles. The zero-order chi connectivity index (χ0) is 10.7. The molecule has 0 aromatic carbocycles. The van der Waals surface area contributed by atoms with Gasteiger partial charge in [-0.3, -0.25) is 4.79 Å². The van der Waals surface area contributed by atoms with Crippen LogP contribution in [0.25, 0.3) is 0 Å². The molecule has 1 rings (SSSR count). The Bertz CT molecular complexity index is 208. The topological polar surface area (TPSA) is 29.5 Å². The van der Waals surface area contributed by atoms with Crippen LogP contribution >= 0.6 is 15.9 Å². The van der Waals surface area contributed by atoms with Crippen LogP contribution in [0.4, 0.5) is 0 Å². The number of halogens is 1. The average molecular weight is 264 g/mol. The summed E-state index contributed by atoms with van der Waals surface area (Å²) in [5.41, 5.74) is 0. The number of carbonyl (C=O) groups excluding carboxylic acids is 1. The lowest BCUT2D eigenvalue weighted by molar-refractivity contribution is -0.138. The van der Waals surface area contributed by atoms with Crippen molar-refractivity contribution in [2.45, 2.75) is 31.7 Å². The fourth-order valence-electron chi connectivity index (χ4n) is 1.48. The monoisotopic (exact) mass is 263 g/mol. The van der Waals surface area contributed by atoms with Gasteiger partial charge in [-0.2, -0.15) is 0 Å². The summed E-state index contributed by atoms with van der Waals surface area (Å²) in [7, 11) is 0. The Morgan fingerprint density at radius 3 is 2.71 bits per heavy atom. The van der Waals surface area contributed by atoms with E-state index in [0.29, 0.717) is 19.1 Å². The molecular weight excluding hydrogens is 246 g/mol. The lowest BCUT2D eigenvalue weighted by Crippen LogP contribution is -2.48. The zero-order valence-corrected chi connectivity index (χ0v) is 10.6. The second-order valence-electron chi connectivity index (χ2n) is 4.11. The quantitative estimate of drug-likeness (QED) is 0.710. The minimum atomic E-state index is -0.0622.